The number of alkyl halides is 1. The van der Waals surface area contributed by atoms with Crippen molar-refractivity contribution in [1.29, 1.82) is 0 Å². The van der Waals surface area contributed by atoms with Crippen molar-refractivity contribution in [3.05, 3.63) is 0 Å². The standard InChI is InChI=1S/C6H15ClO3Si2/c1-9-12(10-2,11(3)8)6-4-5-7/h4-6H2,1-3H3. The van der Waals surface area contributed by atoms with E-state index in [2.05, 4.69) is 0 Å². The van der Waals surface area contributed by atoms with Gasteiger partial charge >= 0.3 is 16.3 Å². The van der Waals surface area contributed by atoms with Crippen molar-refractivity contribution in [3.63, 3.8) is 0 Å². The Labute approximate surface area is 80.7 Å². The molecule has 0 spiro atoms. The van der Waals surface area contributed by atoms with Crippen LogP contribution in [0.25, 0.3) is 0 Å². The van der Waals surface area contributed by atoms with Crippen molar-refractivity contribution < 1.29 is 13.3 Å². The van der Waals surface area contributed by atoms with E-state index in [0.29, 0.717) is 5.88 Å². The Morgan fingerprint density at radius 1 is 1.42 bits per heavy atom. The molecule has 0 heterocycles. The molecule has 0 aromatic heterocycles. The fraction of sp³-hybridized carbons (Fsp3) is 1.00. The van der Waals surface area contributed by atoms with Crippen molar-refractivity contribution in [3.8, 4) is 0 Å². The van der Waals surface area contributed by atoms with E-state index in [0.717, 1.165) is 12.5 Å². The van der Waals surface area contributed by atoms with E-state index in [1.165, 1.54) is 0 Å². The maximum absolute atomic E-state index is 11.4. The Morgan fingerprint density at radius 3 is 2.17 bits per heavy atom. The first-order valence-corrected chi connectivity index (χ1v) is 9.27. The first-order chi connectivity index (χ1) is 5.63. The summed E-state index contributed by atoms with van der Waals surface area (Å²) in [5.41, 5.74) is 0. The fourth-order valence-corrected chi connectivity index (χ4v) is 6.86. The molecular formula is C6H15ClO3Si2. The maximum Gasteiger partial charge on any atom is 0.384 e. The van der Waals surface area contributed by atoms with Gasteiger partial charge in [-0.15, -0.1) is 11.6 Å². The monoisotopic (exact) mass is 226 g/mol. The molecule has 0 atom stereocenters. The van der Waals surface area contributed by atoms with Gasteiger partial charge in [0.2, 0.25) is 0 Å². The SMILES string of the molecule is CO[Si](CCCCl)(OC)[Si](C)=O. The predicted molar refractivity (Wildman–Crippen MR) is 52.2 cm³/mol. The number of hydrogen-bond acceptors (Lipinski definition) is 3. The average Bonchev–Trinajstić information content (AvgIpc) is 2.07. The molecule has 72 valence electrons. The zero-order valence-corrected chi connectivity index (χ0v) is 10.5. The van der Waals surface area contributed by atoms with Crippen LogP contribution < -0.4 is 0 Å². The van der Waals surface area contributed by atoms with E-state index in [1.807, 2.05) is 0 Å². The average molecular weight is 227 g/mol. The van der Waals surface area contributed by atoms with E-state index in [-0.39, 0.29) is 0 Å². The van der Waals surface area contributed by atoms with Crippen LogP contribution in [0.3, 0.4) is 0 Å². The lowest BCUT2D eigenvalue weighted by atomic mass is 10.6. The van der Waals surface area contributed by atoms with Crippen LogP contribution in [-0.4, -0.2) is 36.4 Å². The minimum absolute atomic E-state index is 0.566. The highest BCUT2D eigenvalue weighted by molar-refractivity contribution is 7.20. The van der Waals surface area contributed by atoms with Gasteiger partial charge in [-0.25, -0.2) is 0 Å². The second-order valence-corrected chi connectivity index (χ2v) is 11.2. The van der Waals surface area contributed by atoms with Crippen molar-refractivity contribution >= 4 is 27.9 Å². The Bertz CT molecular complexity index is 150. The molecule has 0 amide bonds. The highest BCUT2D eigenvalue weighted by Gasteiger charge is 2.42. The molecule has 0 aromatic rings. The van der Waals surface area contributed by atoms with Gasteiger partial charge in [0.15, 0.2) is 0 Å². The van der Waals surface area contributed by atoms with E-state index in [4.69, 9.17) is 20.5 Å². The molecule has 0 aromatic carbocycles. The van der Waals surface area contributed by atoms with Crippen molar-refractivity contribution in [2.45, 2.75) is 19.0 Å². The predicted octanol–water partition coefficient (Wildman–Crippen LogP) is 1.48. The number of halogens is 1. The molecule has 0 unspecified atom stereocenters. The van der Waals surface area contributed by atoms with Gasteiger partial charge < -0.3 is 13.3 Å². The van der Waals surface area contributed by atoms with Gasteiger partial charge in [-0.05, 0) is 19.0 Å². The lowest BCUT2D eigenvalue weighted by molar-refractivity contribution is 0.260. The molecule has 3 nitrogen and oxygen atoms in total. The fourth-order valence-electron chi connectivity index (χ4n) is 1.05. The van der Waals surface area contributed by atoms with E-state index >= 15 is 0 Å². The molecule has 0 rings (SSSR count). The third-order valence-electron chi connectivity index (χ3n) is 1.84. The summed E-state index contributed by atoms with van der Waals surface area (Å²) in [7, 11) is -0.970. The summed E-state index contributed by atoms with van der Waals surface area (Å²) in [6, 6.07) is 0.720. The molecule has 0 radical (unpaired) electrons. The molecule has 0 bridgehead atoms. The van der Waals surface area contributed by atoms with E-state index < -0.39 is 16.3 Å². The second kappa shape index (κ2) is 5.98. The van der Waals surface area contributed by atoms with Gasteiger partial charge in [0.25, 0.3) is 0 Å². The minimum atomic E-state index is -2.38. The summed E-state index contributed by atoms with van der Waals surface area (Å²) in [4.78, 5) is 0. The van der Waals surface area contributed by atoms with Crippen LogP contribution in [0.4, 0.5) is 0 Å². The Morgan fingerprint density at radius 2 is 1.92 bits per heavy atom. The van der Waals surface area contributed by atoms with Gasteiger partial charge in [0.1, 0.15) is 0 Å². The number of rotatable bonds is 6. The minimum Gasteiger partial charge on any atom is -0.396 e. The first kappa shape index (κ1) is 12.4. The Balaban J connectivity index is 4.25. The summed E-state index contributed by atoms with van der Waals surface area (Å²) in [5.74, 6) is 0.566. The Kier molecular flexibility index (Phi) is 6.20. The molecule has 0 saturated carbocycles. The molecule has 0 N–H and O–H groups in total. The largest absolute Gasteiger partial charge is 0.396 e. The first-order valence-electron chi connectivity index (χ1n) is 3.80. The summed E-state index contributed by atoms with van der Waals surface area (Å²) in [5, 5.41) is 0. The van der Waals surface area contributed by atoms with Crippen molar-refractivity contribution in [2.75, 3.05) is 20.1 Å². The quantitative estimate of drug-likeness (QED) is 0.509. The van der Waals surface area contributed by atoms with E-state index in [9.17, 15) is 4.46 Å². The summed E-state index contributed by atoms with van der Waals surface area (Å²) in [6.07, 6.45) is 0.805. The van der Waals surface area contributed by atoms with Crippen molar-refractivity contribution in [1.82, 2.24) is 0 Å². The van der Waals surface area contributed by atoms with Crippen LogP contribution in [0.5, 0.6) is 0 Å². The lowest BCUT2D eigenvalue weighted by Gasteiger charge is -2.23. The van der Waals surface area contributed by atoms with E-state index in [1.54, 1.807) is 20.8 Å². The Hall–Kier alpha value is 0.444. The van der Waals surface area contributed by atoms with Crippen LogP contribution in [0.1, 0.15) is 6.42 Å². The zero-order valence-electron chi connectivity index (χ0n) is 7.72. The molecule has 12 heavy (non-hydrogen) atoms. The third-order valence-corrected chi connectivity index (χ3v) is 10.7. The topological polar surface area (TPSA) is 35.5 Å². The van der Waals surface area contributed by atoms with Gasteiger partial charge in [0, 0.05) is 20.1 Å². The molecule has 0 fully saturated rings. The van der Waals surface area contributed by atoms with Gasteiger partial charge in [-0.1, -0.05) is 0 Å². The third kappa shape index (κ3) is 3.06. The normalized spacial score (nSPS) is 11.7. The second-order valence-electron chi connectivity index (χ2n) is 2.51. The van der Waals surface area contributed by atoms with Crippen LogP contribution in [0, 0.1) is 0 Å². The van der Waals surface area contributed by atoms with Crippen LogP contribution >= 0.6 is 11.6 Å². The molecule has 0 aliphatic heterocycles. The van der Waals surface area contributed by atoms with Gasteiger partial charge in [-0.3, -0.25) is 0 Å². The number of hydrogen-bond donors (Lipinski definition) is 0. The molecule has 0 saturated heterocycles. The highest BCUT2D eigenvalue weighted by atomic mass is 35.5. The summed E-state index contributed by atoms with van der Waals surface area (Å²) >= 11 is 5.55. The summed E-state index contributed by atoms with van der Waals surface area (Å²) < 4.78 is 21.9. The van der Waals surface area contributed by atoms with Crippen LogP contribution in [0.15, 0.2) is 0 Å². The van der Waals surface area contributed by atoms with Gasteiger partial charge in [-0.2, -0.15) is 0 Å². The molecule has 6 heteroatoms. The lowest BCUT2D eigenvalue weighted by Crippen LogP contribution is -2.49. The summed E-state index contributed by atoms with van der Waals surface area (Å²) in [6.45, 7) is 1.69. The zero-order chi connectivity index (χ0) is 9.61. The van der Waals surface area contributed by atoms with Crippen LogP contribution in [0.2, 0.25) is 12.6 Å². The molecular weight excluding hydrogens is 212 g/mol. The van der Waals surface area contributed by atoms with Gasteiger partial charge in [0.05, 0.1) is 0 Å². The molecule has 0 aliphatic rings. The highest BCUT2D eigenvalue weighted by Crippen LogP contribution is 2.14. The molecule has 0 aliphatic carbocycles. The van der Waals surface area contributed by atoms with Crippen LogP contribution in [-0.2, 0) is 13.3 Å². The smallest absolute Gasteiger partial charge is 0.384 e. The maximum atomic E-state index is 11.4. The van der Waals surface area contributed by atoms with Crippen molar-refractivity contribution in [2.24, 2.45) is 0 Å².